The van der Waals surface area contributed by atoms with Crippen LogP contribution in [-0.4, -0.2) is 24.2 Å². The number of benzene rings is 2. The van der Waals surface area contributed by atoms with E-state index in [1.54, 1.807) is 6.08 Å². The van der Waals surface area contributed by atoms with E-state index in [2.05, 4.69) is 0 Å². The first kappa shape index (κ1) is 20.2. The maximum atomic E-state index is 11.2. The van der Waals surface area contributed by atoms with Crippen molar-refractivity contribution in [2.45, 2.75) is 45.5 Å². The average molecular weight is 379 g/mol. The zero-order valence-corrected chi connectivity index (χ0v) is 16.8. The molecule has 0 atom stereocenters. The SMILES string of the molecule is CC1(C)OB(c2ccc(OCc3ccccc3)c(/C=C/C(N)=O)c2)OC1(C)C. The van der Waals surface area contributed by atoms with Crippen molar-refractivity contribution in [3.8, 4) is 5.75 Å². The highest BCUT2D eigenvalue weighted by Gasteiger charge is 2.51. The fourth-order valence-electron chi connectivity index (χ4n) is 2.86. The van der Waals surface area contributed by atoms with Gasteiger partial charge in [-0.15, -0.1) is 0 Å². The first-order valence-corrected chi connectivity index (χ1v) is 9.32. The molecule has 0 aromatic heterocycles. The molecule has 0 spiro atoms. The van der Waals surface area contributed by atoms with Gasteiger partial charge in [-0.05, 0) is 50.9 Å². The van der Waals surface area contributed by atoms with Crippen LogP contribution in [-0.2, 0) is 20.7 Å². The Bertz CT molecular complexity index is 861. The first-order chi connectivity index (χ1) is 13.2. The Morgan fingerprint density at radius 2 is 1.71 bits per heavy atom. The van der Waals surface area contributed by atoms with Gasteiger partial charge in [0.05, 0.1) is 11.2 Å². The van der Waals surface area contributed by atoms with Crippen LogP contribution >= 0.6 is 0 Å². The van der Waals surface area contributed by atoms with Gasteiger partial charge in [-0.1, -0.05) is 42.5 Å². The largest absolute Gasteiger partial charge is 0.494 e. The Balaban J connectivity index is 1.86. The van der Waals surface area contributed by atoms with Gasteiger partial charge in [0, 0.05) is 11.6 Å². The van der Waals surface area contributed by atoms with E-state index in [0.717, 1.165) is 16.6 Å². The maximum absolute atomic E-state index is 11.2. The van der Waals surface area contributed by atoms with Crippen LogP contribution < -0.4 is 15.9 Å². The predicted molar refractivity (Wildman–Crippen MR) is 111 cm³/mol. The molecule has 1 heterocycles. The molecule has 6 heteroatoms. The fraction of sp³-hybridized carbons (Fsp3) is 0.318. The summed E-state index contributed by atoms with van der Waals surface area (Å²) in [5, 5.41) is 0. The van der Waals surface area contributed by atoms with E-state index >= 15 is 0 Å². The lowest BCUT2D eigenvalue weighted by atomic mass is 9.78. The first-order valence-electron chi connectivity index (χ1n) is 9.32. The molecule has 1 aliphatic heterocycles. The maximum Gasteiger partial charge on any atom is 0.494 e. The molecule has 5 nitrogen and oxygen atoms in total. The van der Waals surface area contributed by atoms with Crippen LogP contribution in [0.2, 0.25) is 0 Å². The highest BCUT2D eigenvalue weighted by Crippen LogP contribution is 2.36. The van der Waals surface area contributed by atoms with E-state index < -0.39 is 24.2 Å². The van der Waals surface area contributed by atoms with Gasteiger partial charge in [0.25, 0.3) is 0 Å². The van der Waals surface area contributed by atoms with Gasteiger partial charge in [-0.3, -0.25) is 4.79 Å². The summed E-state index contributed by atoms with van der Waals surface area (Å²) in [7, 11) is -0.492. The fourth-order valence-corrected chi connectivity index (χ4v) is 2.86. The molecule has 2 N–H and O–H groups in total. The lowest BCUT2D eigenvalue weighted by molar-refractivity contribution is -0.113. The molecule has 2 aromatic carbocycles. The second-order valence-corrected chi connectivity index (χ2v) is 7.90. The summed E-state index contributed by atoms with van der Waals surface area (Å²) in [5.74, 6) is 0.136. The van der Waals surface area contributed by atoms with E-state index in [1.165, 1.54) is 6.08 Å². The van der Waals surface area contributed by atoms with Crippen molar-refractivity contribution in [2.75, 3.05) is 0 Å². The number of carbonyl (C=O) groups excluding carboxylic acids is 1. The van der Waals surface area contributed by atoms with Gasteiger partial charge < -0.3 is 19.8 Å². The van der Waals surface area contributed by atoms with Crippen molar-refractivity contribution in [3.05, 3.63) is 65.7 Å². The Labute approximate surface area is 166 Å². The number of nitrogens with two attached hydrogens (primary N) is 1. The third-order valence-electron chi connectivity index (χ3n) is 5.22. The van der Waals surface area contributed by atoms with Gasteiger partial charge in [-0.25, -0.2) is 0 Å². The second kappa shape index (κ2) is 7.82. The molecule has 1 aliphatic rings. The molecule has 1 amide bonds. The second-order valence-electron chi connectivity index (χ2n) is 7.90. The smallest absolute Gasteiger partial charge is 0.488 e. The Morgan fingerprint density at radius 1 is 1.07 bits per heavy atom. The summed E-state index contributed by atoms with van der Waals surface area (Å²) in [5.41, 5.74) is 7.07. The number of primary amides is 1. The van der Waals surface area contributed by atoms with Gasteiger partial charge in [0.1, 0.15) is 12.4 Å². The van der Waals surface area contributed by atoms with E-state index in [1.807, 2.05) is 76.2 Å². The molecule has 28 heavy (non-hydrogen) atoms. The van der Waals surface area contributed by atoms with Crippen LogP contribution in [0.4, 0.5) is 0 Å². The van der Waals surface area contributed by atoms with Crippen LogP contribution in [0.25, 0.3) is 6.08 Å². The van der Waals surface area contributed by atoms with Crippen molar-refractivity contribution in [2.24, 2.45) is 5.73 Å². The normalized spacial score (nSPS) is 17.8. The Morgan fingerprint density at radius 3 is 2.32 bits per heavy atom. The van der Waals surface area contributed by atoms with Gasteiger partial charge >= 0.3 is 7.12 Å². The molecule has 146 valence electrons. The van der Waals surface area contributed by atoms with Crippen molar-refractivity contribution in [3.63, 3.8) is 0 Å². The van der Waals surface area contributed by atoms with Crippen molar-refractivity contribution in [1.82, 2.24) is 0 Å². The zero-order chi connectivity index (χ0) is 20.4. The minimum atomic E-state index is -0.518. The third-order valence-corrected chi connectivity index (χ3v) is 5.22. The molecule has 1 fully saturated rings. The number of ether oxygens (including phenoxy) is 1. The lowest BCUT2D eigenvalue weighted by Gasteiger charge is -2.32. The summed E-state index contributed by atoms with van der Waals surface area (Å²) in [6, 6.07) is 15.6. The van der Waals surface area contributed by atoms with Crippen LogP contribution in [0.1, 0.15) is 38.8 Å². The predicted octanol–water partition coefficient (Wildman–Crippen LogP) is 3.06. The van der Waals surface area contributed by atoms with E-state index in [4.69, 9.17) is 19.8 Å². The van der Waals surface area contributed by atoms with E-state index in [0.29, 0.717) is 12.4 Å². The van der Waals surface area contributed by atoms with Crippen LogP contribution in [0.15, 0.2) is 54.6 Å². The van der Waals surface area contributed by atoms with Crippen LogP contribution in [0, 0.1) is 0 Å². The van der Waals surface area contributed by atoms with Gasteiger partial charge in [0.2, 0.25) is 5.91 Å². The number of hydrogen-bond acceptors (Lipinski definition) is 4. The summed E-state index contributed by atoms with van der Waals surface area (Å²) >= 11 is 0. The minimum absolute atomic E-state index is 0.425. The summed E-state index contributed by atoms with van der Waals surface area (Å²) in [4.78, 5) is 11.2. The molecule has 0 aliphatic carbocycles. The van der Waals surface area contributed by atoms with E-state index in [9.17, 15) is 4.79 Å². The molecular formula is C22H26BNO4. The topological polar surface area (TPSA) is 70.8 Å². The molecule has 0 unspecified atom stereocenters. The molecule has 3 rings (SSSR count). The summed E-state index contributed by atoms with van der Waals surface area (Å²) < 4.78 is 18.2. The number of hydrogen-bond donors (Lipinski definition) is 1. The summed E-state index contributed by atoms with van der Waals surface area (Å²) in [6.45, 7) is 8.47. The average Bonchev–Trinajstić information content (AvgIpc) is 2.87. The molecule has 0 radical (unpaired) electrons. The van der Waals surface area contributed by atoms with Crippen molar-refractivity contribution >= 4 is 24.6 Å². The highest BCUT2D eigenvalue weighted by molar-refractivity contribution is 6.62. The monoisotopic (exact) mass is 379 g/mol. The number of carbonyl (C=O) groups is 1. The van der Waals surface area contributed by atoms with Gasteiger partial charge in [-0.2, -0.15) is 0 Å². The number of amides is 1. The molecule has 2 aromatic rings. The highest BCUT2D eigenvalue weighted by atomic mass is 16.7. The quantitative estimate of drug-likeness (QED) is 0.619. The summed E-state index contributed by atoms with van der Waals surface area (Å²) in [6.07, 6.45) is 2.97. The molecular weight excluding hydrogens is 353 g/mol. The molecule has 1 saturated heterocycles. The van der Waals surface area contributed by atoms with Crippen molar-refractivity contribution in [1.29, 1.82) is 0 Å². The number of rotatable bonds is 6. The van der Waals surface area contributed by atoms with Crippen molar-refractivity contribution < 1.29 is 18.8 Å². The van der Waals surface area contributed by atoms with Crippen LogP contribution in [0.5, 0.6) is 5.75 Å². The molecule has 0 bridgehead atoms. The zero-order valence-electron chi connectivity index (χ0n) is 16.8. The Hall–Kier alpha value is -2.57. The minimum Gasteiger partial charge on any atom is -0.488 e. The van der Waals surface area contributed by atoms with Crippen LogP contribution in [0.3, 0.4) is 0 Å². The van der Waals surface area contributed by atoms with E-state index in [-0.39, 0.29) is 0 Å². The standard InChI is InChI=1S/C22H26BNO4/c1-21(2)22(3,4)28-23(27-21)18-11-12-19(17(14-18)10-13-20(24)25)26-15-16-8-6-5-7-9-16/h5-14H,15H2,1-4H3,(H2,24,25)/b13-10+. The van der Waals surface area contributed by atoms with Gasteiger partial charge in [0.15, 0.2) is 0 Å². The Kier molecular flexibility index (Phi) is 5.63. The lowest BCUT2D eigenvalue weighted by Crippen LogP contribution is -2.41. The molecule has 0 saturated carbocycles. The third kappa shape index (κ3) is 4.46.